The van der Waals surface area contributed by atoms with Crippen LogP contribution in [-0.2, 0) is 24.3 Å². The topological polar surface area (TPSA) is 80.8 Å². The Bertz CT molecular complexity index is 748. The van der Waals surface area contributed by atoms with Crippen molar-refractivity contribution in [2.45, 2.75) is 25.7 Å². The lowest BCUT2D eigenvalue weighted by Gasteiger charge is -2.31. The van der Waals surface area contributed by atoms with Crippen LogP contribution in [0.4, 0.5) is 0 Å². The van der Waals surface area contributed by atoms with Gasteiger partial charge in [-0.1, -0.05) is 12.1 Å². The van der Waals surface area contributed by atoms with Crippen molar-refractivity contribution in [3.05, 3.63) is 35.5 Å². The summed E-state index contributed by atoms with van der Waals surface area (Å²) in [6.45, 7) is 4.12. The van der Waals surface area contributed by atoms with Crippen molar-refractivity contribution in [1.82, 2.24) is 4.31 Å². The molecule has 2 rings (SSSR count). The third-order valence-corrected chi connectivity index (χ3v) is 4.96. The highest BCUT2D eigenvalue weighted by molar-refractivity contribution is 7.89. The highest BCUT2D eigenvalue weighted by Crippen LogP contribution is 2.37. The molecule has 0 aromatic heterocycles. The molecular formula is C14H15NO5S. The monoisotopic (exact) mass is 309 g/mol. The zero-order valence-electron chi connectivity index (χ0n) is 11.9. The molecule has 0 radical (unpaired) electrons. The molecular weight excluding hydrogens is 294 g/mol. The maximum absolute atomic E-state index is 12.6. The van der Waals surface area contributed by atoms with E-state index in [1.807, 2.05) is 0 Å². The summed E-state index contributed by atoms with van der Waals surface area (Å²) in [5.41, 5.74) is 0.106. The number of ketones is 1. The fourth-order valence-corrected chi connectivity index (χ4v) is 3.99. The van der Waals surface area contributed by atoms with Gasteiger partial charge in [-0.25, -0.2) is 8.42 Å². The number of hydrogen-bond donors (Lipinski definition) is 0. The van der Waals surface area contributed by atoms with E-state index in [1.54, 1.807) is 19.1 Å². The molecule has 1 aliphatic heterocycles. The molecule has 7 heteroatoms. The first-order valence-corrected chi connectivity index (χ1v) is 7.80. The van der Waals surface area contributed by atoms with E-state index in [0.717, 1.165) is 4.31 Å². The fraction of sp³-hybridized carbons (Fsp3) is 0.286. The zero-order valence-corrected chi connectivity index (χ0v) is 12.7. The van der Waals surface area contributed by atoms with E-state index in [9.17, 15) is 18.0 Å². The molecule has 21 heavy (non-hydrogen) atoms. The van der Waals surface area contributed by atoms with Crippen LogP contribution in [0.15, 0.2) is 34.9 Å². The molecule has 6 nitrogen and oxygen atoms in total. The molecule has 0 unspecified atom stereocenters. The number of Topliss-reactive ketones (excluding diaryl/α,β-unsaturated/α-hetero) is 1. The second kappa shape index (κ2) is 5.33. The molecule has 0 spiro atoms. The van der Waals surface area contributed by atoms with Crippen LogP contribution in [0.5, 0.6) is 0 Å². The van der Waals surface area contributed by atoms with Crippen LogP contribution in [0.1, 0.15) is 26.3 Å². The largest absolute Gasteiger partial charge is 0.424 e. The number of hydrogen-bond acceptors (Lipinski definition) is 5. The minimum Gasteiger partial charge on any atom is -0.424 e. The molecule has 0 N–H and O–H groups in total. The van der Waals surface area contributed by atoms with E-state index in [-0.39, 0.29) is 28.5 Å². The Balaban J connectivity index is 2.87. The van der Waals surface area contributed by atoms with Crippen LogP contribution < -0.4 is 0 Å². The number of carbonyl (C=O) groups excluding carboxylic acids is 2. The summed E-state index contributed by atoms with van der Waals surface area (Å²) in [6.07, 6.45) is 0. The van der Waals surface area contributed by atoms with Crippen molar-refractivity contribution in [2.24, 2.45) is 0 Å². The highest BCUT2D eigenvalue weighted by Gasteiger charge is 2.39. The van der Waals surface area contributed by atoms with Crippen molar-refractivity contribution in [1.29, 1.82) is 0 Å². The molecule has 1 aromatic carbocycles. The number of carbonyl (C=O) groups is 2. The van der Waals surface area contributed by atoms with Gasteiger partial charge in [-0.3, -0.25) is 13.9 Å². The Morgan fingerprint density at radius 1 is 1.19 bits per heavy atom. The standard InChI is InChI=1S/C14H15NO5S/c1-4-15-13(9(2)16)14(20-10(3)17)11-7-5-6-8-12(11)21(15,18)19/h5-8H,4H2,1-3H3. The molecule has 0 fully saturated rings. The lowest BCUT2D eigenvalue weighted by atomic mass is 10.1. The second-order valence-electron chi connectivity index (χ2n) is 4.49. The first-order valence-electron chi connectivity index (χ1n) is 6.36. The lowest BCUT2D eigenvalue weighted by Crippen LogP contribution is -2.37. The molecule has 0 saturated carbocycles. The summed E-state index contributed by atoms with van der Waals surface area (Å²) in [5, 5.41) is 0. The third-order valence-electron chi connectivity index (χ3n) is 3.03. The lowest BCUT2D eigenvalue weighted by molar-refractivity contribution is -0.134. The van der Waals surface area contributed by atoms with Crippen LogP contribution >= 0.6 is 0 Å². The Morgan fingerprint density at radius 2 is 1.81 bits per heavy atom. The number of sulfonamides is 1. The Morgan fingerprint density at radius 3 is 2.33 bits per heavy atom. The van der Waals surface area contributed by atoms with Crippen LogP contribution in [0.25, 0.3) is 5.76 Å². The minimum absolute atomic E-state index is 0.0118. The number of likely N-dealkylation sites (N-methyl/N-ethyl adjacent to an activating group) is 1. The summed E-state index contributed by atoms with van der Waals surface area (Å²) in [6, 6.07) is 6.14. The molecule has 0 atom stereocenters. The quantitative estimate of drug-likeness (QED) is 0.791. The van der Waals surface area contributed by atoms with Crippen LogP contribution in [-0.4, -0.2) is 31.0 Å². The van der Waals surface area contributed by atoms with Gasteiger partial charge >= 0.3 is 5.97 Å². The second-order valence-corrected chi connectivity index (χ2v) is 6.32. The number of ether oxygens (including phenoxy) is 1. The number of fused-ring (bicyclic) bond motifs is 1. The Labute approximate surface area is 123 Å². The van der Waals surface area contributed by atoms with E-state index < -0.39 is 21.8 Å². The van der Waals surface area contributed by atoms with Gasteiger partial charge in [0.1, 0.15) is 5.70 Å². The van der Waals surface area contributed by atoms with Crippen molar-refractivity contribution in [3.63, 3.8) is 0 Å². The molecule has 0 aliphatic carbocycles. The smallest absolute Gasteiger partial charge is 0.308 e. The number of allylic oxidation sites excluding steroid dienone is 1. The van der Waals surface area contributed by atoms with Crippen LogP contribution in [0, 0.1) is 0 Å². The van der Waals surface area contributed by atoms with Crippen molar-refractivity contribution < 1.29 is 22.7 Å². The number of rotatable bonds is 3. The van der Waals surface area contributed by atoms with Crippen molar-refractivity contribution >= 4 is 27.5 Å². The normalized spacial score (nSPS) is 16.4. The first kappa shape index (κ1) is 15.2. The summed E-state index contributed by atoms with van der Waals surface area (Å²) in [5.74, 6) is -1.11. The number of benzene rings is 1. The maximum Gasteiger partial charge on any atom is 0.308 e. The van der Waals surface area contributed by atoms with Gasteiger partial charge < -0.3 is 4.74 Å². The van der Waals surface area contributed by atoms with Gasteiger partial charge in [-0.05, 0) is 19.1 Å². The molecule has 0 amide bonds. The zero-order chi connectivity index (χ0) is 15.8. The third kappa shape index (κ3) is 2.44. The summed E-state index contributed by atoms with van der Waals surface area (Å²) in [4.78, 5) is 23.2. The van der Waals surface area contributed by atoms with E-state index in [1.165, 1.54) is 26.0 Å². The van der Waals surface area contributed by atoms with E-state index >= 15 is 0 Å². The SMILES string of the molecule is CCN1C(C(C)=O)=C(OC(C)=O)c2ccccc2S1(=O)=O. The number of nitrogens with zero attached hydrogens (tertiary/aromatic N) is 1. The summed E-state index contributed by atoms with van der Waals surface area (Å²) >= 11 is 0. The summed E-state index contributed by atoms with van der Waals surface area (Å²) < 4.78 is 31.3. The molecule has 1 aromatic rings. The van der Waals surface area contributed by atoms with Gasteiger partial charge in [0.05, 0.1) is 4.90 Å². The molecule has 0 bridgehead atoms. The van der Waals surface area contributed by atoms with Crippen LogP contribution in [0.2, 0.25) is 0 Å². The van der Waals surface area contributed by atoms with Gasteiger partial charge in [-0.15, -0.1) is 0 Å². The molecule has 0 saturated heterocycles. The average molecular weight is 309 g/mol. The first-order chi connectivity index (χ1) is 9.80. The number of esters is 1. The summed E-state index contributed by atoms with van der Waals surface area (Å²) in [7, 11) is -3.83. The minimum atomic E-state index is -3.83. The van der Waals surface area contributed by atoms with Crippen molar-refractivity contribution in [2.75, 3.05) is 6.54 Å². The molecule has 1 aliphatic rings. The molecule has 1 heterocycles. The van der Waals surface area contributed by atoms with Gasteiger partial charge in [-0.2, -0.15) is 0 Å². The van der Waals surface area contributed by atoms with E-state index in [4.69, 9.17) is 4.74 Å². The van der Waals surface area contributed by atoms with Crippen LogP contribution in [0.3, 0.4) is 0 Å². The Hall–Kier alpha value is -2.15. The highest BCUT2D eigenvalue weighted by atomic mass is 32.2. The van der Waals surface area contributed by atoms with Gasteiger partial charge in [0.2, 0.25) is 0 Å². The van der Waals surface area contributed by atoms with E-state index in [0.29, 0.717) is 0 Å². The Kier molecular flexibility index (Phi) is 3.87. The van der Waals surface area contributed by atoms with Gasteiger partial charge in [0, 0.05) is 26.0 Å². The fourth-order valence-electron chi connectivity index (χ4n) is 2.27. The predicted octanol–water partition coefficient (Wildman–Crippen LogP) is 1.53. The van der Waals surface area contributed by atoms with Crippen molar-refractivity contribution in [3.8, 4) is 0 Å². The van der Waals surface area contributed by atoms with E-state index in [2.05, 4.69) is 0 Å². The van der Waals surface area contributed by atoms with Gasteiger partial charge in [0.25, 0.3) is 10.0 Å². The van der Waals surface area contributed by atoms with Gasteiger partial charge in [0.15, 0.2) is 11.5 Å². The maximum atomic E-state index is 12.6. The average Bonchev–Trinajstić information content (AvgIpc) is 2.40. The predicted molar refractivity (Wildman–Crippen MR) is 75.4 cm³/mol. The molecule has 112 valence electrons.